The minimum absolute atomic E-state index is 0.869. The number of fused-ring (bicyclic) bond motifs is 9. The second-order valence-electron chi connectivity index (χ2n) is 16.9. The maximum absolute atomic E-state index is 6.63. The second kappa shape index (κ2) is 15.0. The van der Waals surface area contributed by atoms with E-state index in [9.17, 15) is 0 Å². The molecular weight excluding hydrogens is 789 g/mol. The van der Waals surface area contributed by atoms with E-state index in [1.165, 1.54) is 49.1 Å². The van der Waals surface area contributed by atoms with Crippen molar-refractivity contribution < 1.29 is 4.42 Å². The highest BCUT2D eigenvalue weighted by Gasteiger charge is 2.21. The van der Waals surface area contributed by atoms with Gasteiger partial charge in [0.1, 0.15) is 11.2 Å². The molecule has 0 aliphatic rings. The summed E-state index contributed by atoms with van der Waals surface area (Å²) in [5.74, 6) is 0. The number of anilines is 3. The van der Waals surface area contributed by atoms with E-state index >= 15 is 0 Å². The van der Waals surface area contributed by atoms with E-state index in [-0.39, 0.29) is 0 Å². The highest BCUT2D eigenvalue weighted by Crippen LogP contribution is 2.46. The summed E-state index contributed by atoms with van der Waals surface area (Å²) >= 11 is 0. The molecule has 304 valence electrons. The van der Waals surface area contributed by atoms with Gasteiger partial charge < -0.3 is 13.9 Å². The largest absolute Gasteiger partial charge is 0.455 e. The molecule has 0 bridgehead atoms. The lowest BCUT2D eigenvalue weighted by Crippen LogP contribution is -2.11. The lowest BCUT2D eigenvalue weighted by atomic mass is 9.93. The average molecular weight is 829 g/mol. The molecular formula is C62H40N2O. The van der Waals surface area contributed by atoms with Crippen LogP contribution in [0.5, 0.6) is 0 Å². The SMILES string of the molecule is c1ccc(-c2cc(-c3cccc4ccccc34)ccc2N(c2ccc(-c3cccc(-n4c5ccccc5c5ccccc54)c3)cc2)c2ccc3oc4c5ccccc5ccc4c3c2)cc1. The minimum Gasteiger partial charge on any atom is -0.455 e. The molecule has 3 heteroatoms. The zero-order valence-electron chi connectivity index (χ0n) is 35.4. The molecule has 3 nitrogen and oxygen atoms in total. The van der Waals surface area contributed by atoms with Gasteiger partial charge in [0, 0.05) is 49.6 Å². The Morgan fingerprint density at radius 2 is 0.938 bits per heavy atom. The fraction of sp³-hybridized carbons (Fsp3) is 0. The Morgan fingerprint density at radius 1 is 0.323 bits per heavy atom. The third-order valence-electron chi connectivity index (χ3n) is 13.2. The van der Waals surface area contributed by atoms with Crippen LogP contribution in [0.2, 0.25) is 0 Å². The summed E-state index contributed by atoms with van der Waals surface area (Å²) in [7, 11) is 0. The smallest absolute Gasteiger partial charge is 0.143 e. The van der Waals surface area contributed by atoms with Gasteiger partial charge in [-0.25, -0.2) is 0 Å². The van der Waals surface area contributed by atoms with Gasteiger partial charge in [-0.2, -0.15) is 0 Å². The topological polar surface area (TPSA) is 21.3 Å². The van der Waals surface area contributed by atoms with E-state index in [0.717, 1.165) is 72.3 Å². The molecule has 0 amide bonds. The lowest BCUT2D eigenvalue weighted by molar-refractivity contribution is 0.672. The molecule has 0 atom stereocenters. The first-order valence-electron chi connectivity index (χ1n) is 22.2. The van der Waals surface area contributed by atoms with E-state index in [1.54, 1.807) is 0 Å². The number of furan rings is 1. The van der Waals surface area contributed by atoms with Crippen LogP contribution in [0.1, 0.15) is 0 Å². The van der Waals surface area contributed by atoms with Gasteiger partial charge in [0.15, 0.2) is 0 Å². The van der Waals surface area contributed by atoms with E-state index in [0.29, 0.717) is 0 Å². The van der Waals surface area contributed by atoms with Crippen molar-refractivity contribution in [2.45, 2.75) is 0 Å². The fourth-order valence-corrected chi connectivity index (χ4v) is 10.1. The third kappa shape index (κ3) is 6.12. The molecule has 0 aliphatic carbocycles. The summed E-state index contributed by atoms with van der Waals surface area (Å²) in [5.41, 5.74) is 15.5. The molecule has 13 aromatic rings. The van der Waals surface area contributed by atoms with E-state index in [1.807, 2.05) is 0 Å². The maximum Gasteiger partial charge on any atom is 0.143 e. The van der Waals surface area contributed by atoms with Gasteiger partial charge in [0.25, 0.3) is 0 Å². The van der Waals surface area contributed by atoms with Gasteiger partial charge in [0.05, 0.1) is 16.7 Å². The highest BCUT2D eigenvalue weighted by atomic mass is 16.3. The molecule has 11 aromatic carbocycles. The van der Waals surface area contributed by atoms with E-state index < -0.39 is 0 Å². The zero-order valence-corrected chi connectivity index (χ0v) is 35.4. The summed E-state index contributed by atoms with van der Waals surface area (Å²) in [4.78, 5) is 2.41. The number of rotatable bonds is 7. The zero-order chi connectivity index (χ0) is 42.8. The van der Waals surface area contributed by atoms with Crippen LogP contribution < -0.4 is 4.90 Å². The van der Waals surface area contributed by atoms with E-state index in [2.05, 4.69) is 252 Å². The summed E-state index contributed by atoms with van der Waals surface area (Å²) in [6.07, 6.45) is 0. The molecule has 13 rings (SSSR count). The Labute approximate surface area is 376 Å². The Morgan fingerprint density at radius 3 is 1.72 bits per heavy atom. The van der Waals surface area contributed by atoms with Crippen LogP contribution in [0, 0.1) is 0 Å². The number of aromatic nitrogens is 1. The van der Waals surface area contributed by atoms with Crippen molar-refractivity contribution >= 4 is 82.4 Å². The van der Waals surface area contributed by atoms with Gasteiger partial charge in [0.2, 0.25) is 0 Å². The average Bonchev–Trinajstić information content (AvgIpc) is 3.93. The molecule has 0 spiro atoms. The molecule has 2 aromatic heterocycles. The standard InChI is InChI=1S/C62H40N2O/c1-2-14-43(15-3-1)56-39-46(51-25-13-18-42-16-4-6-21-50(42)51)31-36-60(56)63(49-34-37-61-57(40-49)55-35-30-44-17-5-7-22-52(44)62(55)65-61)47-32-28-41(29-33-47)45-19-12-20-48(38-45)64-58-26-10-8-23-53(58)54-24-9-11-27-59(54)64/h1-40H. The second-order valence-corrected chi connectivity index (χ2v) is 16.9. The summed E-state index contributed by atoms with van der Waals surface area (Å²) in [6, 6.07) is 87.8. The summed E-state index contributed by atoms with van der Waals surface area (Å²) in [5, 5.41) is 9.45. The Kier molecular flexibility index (Phi) is 8.53. The van der Waals surface area contributed by atoms with Crippen molar-refractivity contribution in [3.8, 4) is 39.1 Å². The van der Waals surface area contributed by atoms with Crippen molar-refractivity contribution in [2.75, 3.05) is 4.90 Å². The molecule has 0 fully saturated rings. The fourth-order valence-electron chi connectivity index (χ4n) is 10.1. The molecule has 0 radical (unpaired) electrons. The van der Waals surface area contributed by atoms with Gasteiger partial charge in [-0.1, -0.05) is 170 Å². The van der Waals surface area contributed by atoms with Crippen LogP contribution in [0.4, 0.5) is 17.1 Å². The summed E-state index contributed by atoms with van der Waals surface area (Å²) in [6.45, 7) is 0. The van der Waals surface area contributed by atoms with Gasteiger partial charge in [-0.05, 0) is 117 Å². The van der Waals surface area contributed by atoms with Crippen molar-refractivity contribution in [3.63, 3.8) is 0 Å². The van der Waals surface area contributed by atoms with Crippen LogP contribution in [-0.2, 0) is 0 Å². The van der Waals surface area contributed by atoms with Crippen molar-refractivity contribution in [1.29, 1.82) is 0 Å². The lowest BCUT2D eigenvalue weighted by Gasteiger charge is -2.29. The van der Waals surface area contributed by atoms with Crippen molar-refractivity contribution in [2.24, 2.45) is 0 Å². The number of hydrogen-bond donors (Lipinski definition) is 0. The van der Waals surface area contributed by atoms with Crippen molar-refractivity contribution in [1.82, 2.24) is 4.57 Å². The van der Waals surface area contributed by atoms with Gasteiger partial charge in [-0.3, -0.25) is 0 Å². The third-order valence-corrected chi connectivity index (χ3v) is 13.2. The van der Waals surface area contributed by atoms with Crippen LogP contribution in [-0.4, -0.2) is 4.57 Å². The van der Waals surface area contributed by atoms with Crippen LogP contribution in [0.3, 0.4) is 0 Å². The van der Waals surface area contributed by atoms with Crippen LogP contribution in [0.25, 0.3) is 104 Å². The number of benzene rings is 11. The molecule has 65 heavy (non-hydrogen) atoms. The first kappa shape index (κ1) is 36.9. The number of hydrogen-bond acceptors (Lipinski definition) is 2. The van der Waals surface area contributed by atoms with Gasteiger partial charge >= 0.3 is 0 Å². The Balaban J connectivity index is 0.986. The Hall–Kier alpha value is -8.66. The quantitative estimate of drug-likeness (QED) is 0.160. The highest BCUT2D eigenvalue weighted by molar-refractivity contribution is 6.16. The normalized spacial score (nSPS) is 11.7. The van der Waals surface area contributed by atoms with Crippen molar-refractivity contribution in [3.05, 3.63) is 243 Å². The van der Waals surface area contributed by atoms with E-state index in [4.69, 9.17) is 4.42 Å². The molecule has 0 N–H and O–H groups in total. The predicted molar refractivity (Wildman–Crippen MR) is 274 cm³/mol. The van der Waals surface area contributed by atoms with Crippen LogP contribution in [0.15, 0.2) is 247 Å². The first-order valence-corrected chi connectivity index (χ1v) is 22.2. The first-order chi connectivity index (χ1) is 32.2. The summed E-state index contributed by atoms with van der Waals surface area (Å²) < 4.78 is 9.02. The predicted octanol–water partition coefficient (Wildman–Crippen LogP) is 17.5. The number of nitrogens with zero attached hydrogens (tertiary/aromatic N) is 2. The molecule has 0 unspecified atom stereocenters. The molecule has 0 aliphatic heterocycles. The molecule has 0 saturated heterocycles. The van der Waals surface area contributed by atoms with Crippen LogP contribution >= 0.6 is 0 Å². The Bertz CT molecular complexity index is 3890. The monoisotopic (exact) mass is 828 g/mol. The number of para-hydroxylation sites is 2. The minimum atomic E-state index is 0.869. The molecule has 2 heterocycles. The maximum atomic E-state index is 6.63. The van der Waals surface area contributed by atoms with Gasteiger partial charge in [-0.15, -0.1) is 0 Å². The molecule has 0 saturated carbocycles.